The van der Waals surface area contributed by atoms with Crippen LogP contribution in [0.4, 0.5) is 0 Å². The van der Waals surface area contributed by atoms with E-state index in [1.54, 1.807) is 0 Å². The van der Waals surface area contributed by atoms with Crippen LogP contribution in [0, 0.1) is 17.8 Å². The zero-order valence-corrected chi connectivity index (χ0v) is 11.2. The Bertz CT molecular complexity index is 257. The van der Waals surface area contributed by atoms with Crippen LogP contribution in [0.2, 0.25) is 0 Å². The maximum atomic E-state index is 11.3. The fourth-order valence-corrected chi connectivity index (χ4v) is 3.25. The first kappa shape index (κ1) is 12.9. The topological polar surface area (TPSA) is 32.3 Å². The Morgan fingerprint density at radius 3 is 2.59 bits per heavy atom. The van der Waals surface area contributed by atoms with Crippen LogP contribution in [0.15, 0.2) is 0 Å². The Labute approximate surface area is 105 Å². The summed E-state index contributed by atoms with van der Waals surface area (Å²) in [6.07, 6.45) is 5.51. The molecule has 1 amide bonds. The number of amides is 1. The van der Waals surface area contributed by atoms with Crippen molar-refractivity contribution in [3.05, 3.63) is 0 Å². The summed E-state index contributed by atoms with van der Waals surface area (Å²) in [5, 5.41) is 2.89. The molecule has 0 aromatic carbocycles. The SMILES string of the molecule is CC(C)C1CCC(CN2CCNC(=O)C2)CC1. The van der Waals surface area contributed by atoms with E-state index in [1.807, 2.05) is 0 Å². The lowest BCUT2D eigenvalue weighted by atomic mass is 9.77. The molecule has 1 aliphatic carbocycles. The molecule has 1 saturated carbocycles. The second kappa shape index (κ2) is 5.85. The van der Waals surface area contributed by atoms with E-state index in [4.69, 9.17) is 0 Å². The summed E-state index contributed by atoms with van der Waals surface area (Å²) in [5.74, 6) is 2.82. The van der Waals surface area contributed by atoms with Crippen LogP contribution >= 0.6 is 0 Å². The first-order valence-electron chi connectivity index (χ1n) is 7.14. The van der Waals surface area contributed by atoms with Gasteiger partial charge >= 0.3 is 0 Å². The van der Waals surface area contributed by atoms with Crippen LogP contribution in [0.1, 0.15) is 39.5 Å². The molecule has 1 heterocycles. The lowest BCUT2D eigenvalue weighted by Gasteiger charge is -2.35. The van der Waals surface area contributed by atoms with Crippen molar-refractivity contribution in [3.63, 3.8) is 0 Å². The summed E-state index contributed by atoms with van der Waals surface area (Å²) >= 11 is 0. The smallest absolute Gasteiger partial charge is 0.234 e. The highest BCUT2D eigenvalue weighted by Gasteiger charge is 2.26. The maximum Gasteiger partial charge on any atom is 0.234 e. The first-order chi connectivity index (χ1) is 8.15. The highest BCUT2D eigenvalue weighted by Crippen LogP contribution is 2.33. The molecule has 98 valence electrons. The molecular formula is C14H26N2O. The molecule has 0 aromatic heterocycles. The number of nitrogens with one attached hydrogen (secondary N) is 1. The Hall–Kier alpha value is -0.570. The lowest BCUT2D eigenvalue weighted by Crippen LogP contribution is -2.49. The van der Waals surface area contributed by atoms with Crippen molar-refractivity contribution < 1.29 is 4.79 Å². The van der Waals surface area contributed by atoms with Crippen molar-refractivity contribution in [2.75, 3.05) is 26.2 Å². The minimum atomic E-state index is 0.201. The van der Waals surface area contributed by atoms with E-state index in [0.29, 0.717) is 6.54 Å². The molecule has 0 radical (unpaired) electrons. The first-order valence-corrected chi connectivity index (χ1v) is 7.14. The van der Waals surface area contributed by atoms with Crippen LogP contribution in [0.25, 0.3) is 0 Å². The molecular weight excluding hydrogens is 212 g/mol. The summed E-state index contributed by atoms with van der Waals surface area (Å²) in [6.45, 7) is 8.32. The van der Waals surface area contributed by atoms with Crippen molar-refractivity contribution >= 4 is 5.91 Å². The van der Waals surface area contributed by atoms with Gasteiger partial charge in [-0.2, -0.15) is 0 Å². The summed E-state index contributed by atoms with van der Waals surface area (Å²) in [4.78, 5) is 13.6. The molecule has 0 unspecified atom stereocenters. The third-order valence-corrected chi connectivity index (χ3v) is 4.47. The van der Waals surface area contributed by atoms with E-state index in [2.05, 4.69) is 24.1 Å². The summed E-state index contributed by atoms with van der Waals surface area (Å²) < 4.78 is 0. The van der Waals surface area contributed by atoms with Crippen molar-refractivity contribution in [1.29, 1.82) is 0 Å². The van der Waals surface area contributed by atoms with Gasteiger partial charge in [0.15, 0.2) is 0 Å². The van der Waals surface area contributed by atoms with Crippen molar-refractivity contribution in [1.82, 2.24) is 10.2 Å². The van der Waals surface area contributed by atoms with Crippen molar-refractivity contribution in [3.8, 4) is 0 Å². The number of piperazine rings is 1. The normalized spacial score (nSPS) is 31.6. The molecule has 0 aromatic rings. The van der Waals surface area contributed by atoms with E-state index in [-0.39, 0.29) is 5.91 Å². The van der Waals surface area contributed by atoms with E-state index >= 15 is 0 Å². The zero-order valence-electron chi connectivity index (χ0n) is 11.2. The Balaban J connectivity index is 1.72. The average molecular weight is 238 g/mol. The fraction of sp³-hybridized carbons (Fsp3) is 0.929. The van der Waals surface area contributed by atoms with E-state index in [9.17, 15) is 4.79 Å². The molecule has 2 rings (SSSR count). The van der Waals surface area contributed by atoms with Gasteiger partial charge in [-0.15, -0.1) is 0 Å². The quantitative estimate of drug-likeness (QED) is 0.814. The van der Waals surface area contributed by atoms with E-state index < -0.39 is 0 Å². The number of rotatable bonds is 3. The van der Waals surface area contributed by atoms with Gasteiger partial charge in [-0.05, 0) is 43.4 Å². The molecule has 3 heteroatoms. The van der Waals surface area contributed by atoms with Gasteiger partial charge in [0.1, 0.15) is 0 Å². The molecule has 0 spiro atoms. The molecule has 0 bridgehead atoms. The number of hydrogen-bond donors (Lipinski definition) is 1. The average Bonchev–Trinajstić information content (AvgIpc) is 2.29. The predicted octanol–water partition coefficient (Wildman–Crippen LogP) is 1.88. The Morgan fingerprint density at radius 2 is 2.00 bits per heavy atom. The Kier molecular flexibility index (Phi) is 4.43. The number of nitrogens with zero attached hydrogens (tertiary/aromatic N) is 1. The monoisotopic (exact) mass is 238 g/mol. The minimum absolute atomic E-state index is 0.201. The van der Waals surface area contributed by atoms with Gasteiger partial charge < -0.3 is 5.32 Å². The number of hydrogen-bond acceptors (Lipinski definition) is 2. The third-order valence-electron chi connectivity index (χ3n) is 4.47. The molecule has 2 fully saturated rings. The van der Waals surface area contributed by atoms with Gasteiger partial charge in [-0.1, -0.05) is 13.8 Å². The van der Waals surface area contributed by atoms with Crippen molar-refractivity contribution in [2.24, 2.45) is 17.8 Å². The predicted molar refractivity (Wildman–Crippen MR) is 69.7 cm³/mol. The van der Waals surface area contributed by atoms with Gasteiger partial charge in [0.05, 0.1) is 6.54 Å². The summed E-state index contributed by atoms with van der Waals surface area (Å²) in [6, 6.07) is 0. The van der Waals surface area contributed by atoms with Gasteiger partial charge in [-0.25, -0.2) is 0 Å². The second-order valence-electron chi connectivity index (χ2n) is 6.11. The molecule has 2 aliphatic rings. The number of carbonyl (C=O) groups excluding carboxylic acids is 1. The van der Waals surface area contributed by atoms with E-state index in [0.717, 1.165) is 37.4 Å². The van der Waals surface area contributed by atoms with Crippen molar-refractivity contribution in [2.45, 2.75) is 39.5 Å². The van der Waals surface area contributed by atoms with Crippen LogP contribution in [0.3, 0.4) is 0 Å². The maximum absolute atomic E-state index is 11.3. The zero-order chi connectivity index (χ0) is 12.3. The second-order valence-corrected chi connectivity index (χ2v) is 6.11. The van der Waals surface area contributed by atoms with Gasteiger partial charge in [0, 0.05) is 19.6 Å². The summed E-state index contributed by atoms with van der Waals surface area (Å²) in [5.41, 5.74) is 0. The molecule has 1 N–H and O–H groups in total. The highest BCUT2D eigenvalue weighted by molar-refractivity contribution is 5.78. The van der Waals surface area contributed by atoms with Crippen LogP contribution in [0.5, 0.6) is 0 Å². The molecule has 3 nitrogen and oxygen atoms in total. The molecule has 17 heavy (non-hydrogen) atoms. The number of carbonyl (C=O) groups is 1. The van der Waals surface area contributed by atoms with Gasteiger partial charge in [0.2, 0.25) is 5.91 Å². The van der Waals surface area contributed by atoms with Crippen LogP contribution < -0.4 is 5.32 Å². The largest absolute Gasteiger partial charge is 0.354 e. The van der Waals surface area contributed by atoms with Crippen LogP contribution in [-0.2, 0) is 4.79 Å². The van der Waals surface area contributed by atoms with Crippen LogP contribution in [-0.4, -0.2) is 37.0 Å². The van der Waals surface area contributed by atoms with E-state index in [1.165, 1.54) is 25.7 Å². The summed E-state index contributed by atoms with van der Waals surface area (Å²) in [7, 11) is 0. The molecule has 1 aliphatic heterocycles. The molecule has 1 saturated heterocycles. The Morgan fingerprint density at radius 1 is 1.29 bits per heavy atom. The van der Waals surface area contributed by atoms with Gasteiger partial charge in [-0.3, -0.25) is 9.69 Å². The highest BCUT2D eigenvalue weighted by atomic mass is 16.2. The standard InChI is InChI=1S/C14H26N2O/c1-11(2)13-5-3-12(4-6-13)9-16-8-7-15-14(17)10-16/h11-13H,3-10H2,1-2H3,(H,15,17). The minimum Gasteiger partial charge on any atom is -0.354 e. The molecule has 0 atom stereocenters. The third kappa shape index (κ3) is 3.70. The van der Waals surface area contributed by atoms with Gasteiger partial charge in [0.25, 0.3) is 0 Å². The fourth-order valence-electron chi connectivity index (χ4n) is 3.25. The lowest BCUT2D eigenvalue weighted by molar-refractivity contribution is -0.124.